The molecular formula is C16H15ClN2O2. The number of amides is 1. The number of benzene rings is 2. The summed E-state index contributed by atoms with van der Waals surface area (Å²) in [5.74, 6) is -0.393. The molecule has 2 aromatic rings. The number of fused-ring (bicyclic) bond motifs is 1. The topological polar surface area (TPSA) is 66.6 Å². The lowest BCUT2D eigenvalue weighted by Crippen LogP contribution is -2.46. The molecule has 0 radical (unpaired) electrons. The second-order valence-electron chi connectivity index (χ2n) is 5.17. The van der Waals surface area contributed by atoms with Gasteiger partial charge in [-0.2, -0.15) is 0 Å². The molecule has 0 aromatic heterocycles. The average Bonchev–Trinajstić information content (AvgIpc) is 2.45. The van der Waals surface area contributed by atoms with E-state index < -0.39 is 0 Å². The fourth-order valence-electron chi connectivity index (χ4n) is 2.65. The Morgan fingerprint density at radius 2 is 2.05 bits per heavy atom. The van der Waals surface area contributed by atoms with E-state index in [2.05, 4.69) is 0 Å². The van der Waals surface area contributed by atoms with Crippen LogP contribution in [0.2, 0.25) is 5.02 Å². The van der Waals surface area contributed by atoms with Gasteiger partial charge in [0, 0.05) is 23.3 Å². The van der Waals surface area contributed by atoms with Crippen molar-refractivity contribution in [3.63, 3.8) is 0 Å². The van der Waals surface area contributed by atoms with Crippen LogP contribution in [0, 0.1) is 0 Å². The number of aromatic hydroxyl groups is 1. The minimum Gasteiger partial charge on any atom is -0.507 e. The molecule has 108 valence electrons. The Balaban J connectivity index is 2.02. The zero-order chi connectivity index (χ0) is 15.0. The highest BCUT2D eigenvalue weighted by atomic mass is 35.5. The highest BCUT2D eigenvalue weighted by Gasteiger charge is 2.28. The van der Waals surface area contributed by atoms with E-state index in [0.717, 1.165) is 17.7 Å². The molecule has 2 aromatic carbocycles. The van der Waals surface area contributed by atoms with Crippen LogP contribution >= 0.6 is 11.6 Å². The molecule has 1 amide bonds. The summed E-state index contributed by atoms with van der Waals surface area (Å²) in [6.07, 6.45) is 0.743. The number of hydrogen-bond donors (Lipinski definition) is 2. The van der Waals surface area contributed by atoms with Crippen LogP contribution in [-0.4, -0.2) is 23.6 Å². The van der Waals surface area contributed by atoms with Gasteiger partial charge < -0.3 is 15.7 Å². The third-order valence-corrected chi connectivity index (χ3v) is 3.85. The lowest BCUT2D eigenvalue weighted by Gasteiger charge is -2.33. The number of carbonyl (C=O) groups excluding carboxylic acids is 1. The SMILES string of the molecule is NC1Cc2ccccc2N(C(=O)c2ccc(Cl)cc2O)C1. The Morgan fingerprint density at radius 3 is 2.81 bits per heavy atom. The molecule has 4 nitrogen and oxygen atoms in total. The zero-order valence-electron chi connectivity index (χ0n) is 11.3. The van der Waals surface area contributed by atoms with Gasteiger partial charge in [0.05, 0.1) is 5.56 Å². The van der Waals surface area contributed by atoms with Gasteiger partial charge in [-0.3, -0.25) is 4.79 Å². The second-order valence-corrected chi connectivity index (χ2v) is 5.61. The van der Waals surface area contributed by atoms with Gasteiger partial charge in [-0.25, -0.2) is 0 Å². The summed E-state index contributed by atoms with van der Waals surface area (Å²) in [6.45, 7) is 0.428. The molecule has 0 fully saturated rings. The maximum atomic E-state index is 12.7. The Labute approximate surface area is 127 Å². The number of anilines is 1. The van der Waals surface area contributed by atoms with Crippen molar-refractivity contribution in [2.24, 2.45) is 5.73 Å². The first kappa shape index (κ1) is 13.9. The normalized spacial score (nSPS) is 17.4. The number of nitrogens with two attached hydrogens (primary N) is 1. The molecule has 0 saturated heterocycles. The third-order valence-electron chi connectivity index (χ3n) is 3.62. The molecule has 0 bridgehead atoms. The quantitative estimate of drug-likeness (QED) is 0.851. The number of nitrogens with zero attached hydrogens (tertiary/aromatic N) is 1. The minimum atomic E-state index is -0.272. The standard InChI is InChI=1S/C16H15ClN2O2/c17-11-5-6-13(15(20)8-11)16(21)19-9-12(18)7-10-3-1-2-4-14(10)19/h1-6,8,12,20H,7,9,18H2. The Bertz CT molecular complexity index is 702. The number of halogens is 1. The van der Waals surface area contributed by atoms with E-state index >= 15 is 0 Å². The highest BCUT2D eigenvalue weighted by Crippen LogP contribution is 2.30. The van der Waals surface area contributed by atoms with Crippen LogP contribution in [0.25, 0.3) is 0 Å². The first-order valence-electron chi connectivity index (χ1n) is 6.70. The summed E-state index contributed by atoms with van der Waals surface area (Å²) in [5, 5.41) is 10.3. The summed E-state index contributed by atoms with van der Waals surface area (Å²) < 4.78 is 0. The smallest absolute Gasteiger partial charge is 0.262 e. The Kier molecular flexibility index (Phi) is 3.57. The monoisotopic (exact) mass is 302 g/mol. The fraction of sp³-hybridized carbons (Fsp3) is 0.188. The maximum absolute atomic E-state index is 12.7. The third kappa shape index (κ3) is 2.60. The van der Waals surface area contributed by atoms with E-state index in [9.17, 15) is 9.90 Å². The lowest BCUT2D eigenvalue weighted by molar-refractivity contribution is 0.0981. The van der Waals surface area contributed by atoms with Gasteiger partial charge in [-0.15, -0.1) is 0 Å². The maximum Gasteiger partial charge on any atom is 0.262 e. The van der Waals surface area contributed by atoms with Crippen LogP contribution in [0.5, 0.6) is 5.75 Å². The van der Waals surface area contributed by atoms with E-state index in [-0.39, 0.29) is 23.3 Å². The van der Waals surface area contributed by atoms with E-state index in [4.69, 9.17) is 17.3 Å². The molecule has 0 aliphatic carbocycles. The number of rotatable bonds is 1. The summed E-state index contributed by atoms with van der Waals surface area (Å²) >= 11 is 5.81. The molecular weight excluding hydrogens is 288 g/mol. The fourth-order valence-corrected chi connectivity index (χ4v) is 2.82. The molecule has 5 heteroatoms. The first-order chi connectivity index (χ1) is 10.1. The van der Waals surface area contributed by atoms with E-state index in [0.29, 0.717) is 11.6 Å². The van der Waals surface area contributed by atoms with Gasteiger partial charge in [-0.05, 0) is 36.2 Å². The number of hydrogen-bond acceptors (Lipinski definition) is 3. The van der Waals surface area contributed by atoms with Gasteiger partial charge in [0.15, 0.2) is 0 Å². The number of phenolic OH excluding ortho intramolecular Hbond substituents is 1. The van der Waals surface area contributed by atoms with Gasteiger partial charge in [0.1, 0.15) is 5.75 Å². The molecule has 3 rings (SSSR count). The summed E-state index contributed by atoms with van der Waals surface area (Å²) in [7, 11) is 0. The minimum absolute atomic E-state index is 0.113. The molecule has 0 saturated carbocycles. The van der Waals surface area contributed by atoms with Crippen LogP contribution in [0.4, 0.5) is 5.69 Å². The van der Waals surface area contributed by atoms with E-state index in [1.807, 2.05) is 24.3 Å². The second kappa shape index (κ2) is 5.39. The lowest BCUT2D eigenvalue weighted by atomic mass is 9.97. The number of para-hydroxylation sites is 1. The van der Waals surface area contributed by atoms with E-state index in [1.165, 1.54) is 12.1 Å². The summed E-state index contributed by atoms with van der Waals surface area (Å²) in [6, 6.07) is 12.1. The van der Waals surface area contributed by atoms with E-state index in [1.54, 1.807) is 11.0 Å². The van der Waals surface area contributed by atoms with Crippen molar-refractivity contribution in [1.82, 2.24) is 0 Å². The average molecular weight is 303 g/mol. The largest absolute Gasteiger partial charge is 0.507 e. The zero-order valence-corrected chi connectivity index (χ0v) is 12.0. The molecule has 1 heterocycles. The highest BCUT2D eigenvalue weighted by molar-refractivity contribution is 6.31. The molecule has 1 aliphatic rings. The van der Waals surface area contributed by atoms with Crippen molar-refractivity contribution in [2.75, 3.05) is 11.4 Å². The molecule has 1 aliphatic heterocycles. The van der Waals surface area contributed by atoms with Crippen LogP contribution in [0.1, 0.15) is 15.9 Å². The molecule has 1 atom stereocenters. The van der Waals surface area contributed by atoms with Crippen molar-refractivity contribution in [3.05, 3.63) is 58.6 Å². The van der Waals surface area contributed by atoms with Crippen LogP contribution in [-0.2, 0) is 6.42 Å². The van der Waals surface area contributed by atoms with Crippen molar-refractivity contribution >= 4 is 23.2 Å². The molecule has 1 unspecified atom stereocenters. The molecule has 21 heavy (non-hydrogen) atoms. The van der Waals surface area contributed by atoms with Crippen LogP contribution < -0.4 is 10.6 Å². The van der Waals surface area contributed by atoms with Crippen molar-refractivity contribution in [1.29, 1.82) is 0 Å². The van der Waals surface area contributed by atoms with Gasteiger partial charge in [-0.1, -0.05) is 29.8 Å². The van der Waals surface area contributed by atoms with Crippen molar-refractivity contribution in [3.8, 4) is 5.75 Å². The van der Waals surface area contributed by atoms with Gasteiger partial charge >= 0.3 is 0 Å². The number of phenols is 1. The number of carbonyl (C=O) groups is 1. The predicted octanol–water partition coefficient (Wildman–Crippen LogP) is 2.58. The van der Waals surface area contributed by atoms with Crippen LogP contribution in [0.3, 0.4) is 0 Å². The van der Waals surface area contributed by atoms with Gasteiger partial charge in [0.2, 0.25) is 0 Å². The van der Waals surface area contributed by atoms with Gasteiger partial charge in [0.25, 0.3) is 5.91 Å². The predicted molar refractivity (Wildman–Crippen MR) is 82.9 cm³/mol. The van der Waals surface area contributed by atoms with Crippen LogP contribution in [0.15, 0.2) is 42.5 Å². The van der Waals surface area contributed by atoms with Crippen molar-refractivity contribution < 1.29 is 9.90 Å². The summed E-state index contributed by atoms with van der Waals surface area (Å²) in [4.78, 5) is 14.3. The Hall–Kier alpha value is -2.04. The molecule has 0 spiro atoms. The summed E-state index contributed by atoms with van der Waals surface area (Å²) in [5.41, 5.74) is 8.15. The first-order valence-corrected chi connectivity index (χ1v) is 7.08. The Morgan fingerprint density at radius 1 is 1.29 bits per heavy atom. The molecule has 3 N–H and O–H groups in total. The van der Waals surface area contributed by atoms with Crippen molar-refractivity contribution in [2.45, 2.75) is 12.5 Å².